The van der Waals surface area contributed by atoms with Crippen molar-refractivity contribution in [3.8, 4) is 11.8 Å². The number of anilines is 1. The van der Waals surface area contributed by atoms with Crippen molar-refractivity contribution in [2.45, 2.75) is 89.8 Å². The quantitative estimate of drug-likeness (QED) is 0.0657. The number of H-pyrrole nitrogens is 1. The van der Waals surface area contributed by atoms with Gasteiger partial charge in [0.2, 0.25) is 11.9 Å². The topological polar surface area (TPSA) is 200 Å². The van der Waals surface area contributed by atoms with Crippen LogP contribution in [0.25, 0.3) is 11.2 Å². The molecule has 1 aliphatic rings. The summed E-state index contributed by atoms with van der Waals surface area (Å²) < 4.78 is 47.0. The number of nitriles is 1. The van der Waals surface area contributed by atoms with Crippen LogP contribution in [0.4, 0.5) is 10.7 Å². The summed E-state index contributed by atoms with van der Waals surface area (Å²) in [4.78, 5) is 49.9. The molecule has 0 spiro atoms. The maximum atomic E-state index is 14.5. The van der Waals surface area contributed by atoms with Gasteiger partial charge in [0.25, 0.3) is 5.56 Å². The van der Waals surface area contributed by atoms with Crippen LogP contribution in [0.2, 0.25) is 0 Å². The predicted octanol–water partition coefficient (Wildman–Crippen LogP) is 5.48. The molecule has 266 valence electrons. The summed E-state index contributed by atoms with van der Waals surface area (Å²) in [5.41, 5.74) is -0.474. The molecule has 2 aromatic heterocycles. The summed E-state index contributed by atoms with van der Waals surface area (Å²) in [7, 11) is -4.08. The number of carbonyl (C=O) groups is 2. The molecule has 1 fully saturated rings. The van der Waals surface area contributed by atoms with Crippen molar-refractivity contribution in [2.75, 3.05) is 24.8 Å². The number of amides is 1. The van der Waals surface area contributed by atoms with E-state index in [4.69, 9.17) is 28.5 Å². The number of thioether (sulfide) groups is 1. The first-order valence-corrected chi connectivity index (χ1v) is 18.5. The Bertz CT molecular complexity index is 1770. The average Bonchev–Trinajstić information content (AvgIpc) is 3.64. The molecule has 1 aliphatic heterocycles. The zero-order valence-electron chi connectivity index (χ0n) is 28.4. The first kappa shape index (κ1) is 38.0. The lowest BCUT2D eigenvalue weighted by molar-refractivity contribution is -0.118. The van der Waals surface area contributed by atoms with Gasteiger partial charge in [-0.2, -0.15) is 10.2 Å². The highest BCUT2D eigenvalue weighted by molar-refractivity contribution is 7.98. The van der Waals surface area contributed by atoms with Crippen LogP contribution in [0.15, 0.2) is 40.3 Å². The van der Waals surface area contributed by atoms with E-state index in [1.54, 1.807) is 36.7 Å². The summed E-state index contributed by atoms with van der Waals surface area (Å²) >= 11 is 1.40. The van der Waals surface area contributed by atoms with Crippen molar-refractivity contribution in [2.24, 2.45) is 5.92 Å². The van der Waals surface area contributed by atoms with Gasteiger partial charge in [-0.3, -0.25) is 33.5 Å². The van der Waals surface area contributed by atoms with Crippen molar-refractivity contribution in [3.05, 3.63) is 40.9 Å². The number of nitrogens with zero attached hydrogens (tertiary/aromatic N) is 5. The van der Waals surface area contributed by atoms with E-state index in [9.17, 15) is 18.9 Å². The Morgan fingerprint density at radius 1 is 1.22 bits per heavy atom. The maximum Gasteiger partial charge on any atom is 0.513 e. The van der Waals surface area contributed by atoms with Crippen molar-refractivity contribution in [3.63, 3.8) is 0 Å². The number of benzene rings is 1. The maximum absolute atomic E-state index is 14.5. The van der Waals surface area contributed by atoms with E-state index in [-0.39, 0.29) is 67.1 Å². The van der Waals surface area contributed by atoms with E-state index in [1.807, 2.05) is 46.1 Å². The Morgan fingerprint density at radius 2 is 1.94 bits per heavy atom. The minimum Gasteiger partial charge on any atom is -0.431 e. The molecule has 3 aromatic rings. The number of para-hydroxylation sites is 1. The number of carbonyl (C=O) groups excluding carboxylic acids is 2. The van der Waals surface area contributed by atoms with Crippen molar-refractivity contribution >= 4 is 48.7 Å². The molecule has 0 radical (unpaired) electrons. The van der Waals surface area contributed by atoms with Crippen LogP contribution in [0.1, 0.15) is 60.6 Å². The first-order valence-electron chi connectivity index (χ1n) is 15.8. The molecule has 18 heteroatoms. The molecule has 3 heterocycles. The average molecular weight is 720 g/mol. The minimum atomic E-state index is -4.08. The Morgan fingerprint density at radius 3 is 2.59 bits per heavy atom. The van der Waals surface area contributed by atoms with Crippen molar-refractivity contribution in [1.82, 2.24) is 24.2 Å². The second kappa shape index (κ2) is 16.8. The smallest absolute Gasteiger partial charge is 0.431 e. The Hall–Kier alpha value is -3.78. The summed E-state index contributed by atoms with van der Waals surface area (Å²) in [6, 6.07) is 8.41. The van der Waals surface area contributed by atoms with Crippen LogP contribution in [-0.2, 0) is 27.9 Å². The third-order valence-electron chi connectivity index (χ3n) is 7.39. The van der Waals surface area contributed by atoms with Gasteiger partial charge in [-0.1, -0.05) is 26.0 Å². The lowest BCUT2D eigenvalue weighted by Crippen LogP contribution is -2.38. The second-order valence-electron chi connectivity index (χ2n) is 12.0. The van der Waals surface area contributed by atoms with Crippen LogP contribution in [0.5, 0.6) is 5.75 Å². The van der Waals surface area contributed by atoms with E-state index >= 15 is 0 Å². The van der Waals surface area contributed by atoms with Gasteiger partial charge in [0.1, 0.15) is 30.8 Å². The Kier molecular flexibility index (Phi) is 13.0. The molecule has 0 aliphatic carbocycles. The van der Waals surface area contributed by atoms with Gasteiger partial charge in [0.05, 0.1) is 30.3 Å². The molecule has 4 atom stereocenters. The highest BCUT2D eigenvalue weighted by Crippen LogP contribution is 2.57. The van der Waals surface area contributed by atoms with Crippen molar-refractivity contribution in [1.29, 1.82) is 5.26 Å². The number of hydrogen-bond donors (Lipinski definition) is 2. The van der Waals surface area contributed by atoms with Gasteiger partial charge in [0, 0.05) is 24.4 Å². The van der Waals surface area contributed by atoms with E-state index in [2.05, 4.69) is 20.3 Å². The predicted molar refractivity (Wildman–Crippen MR) is 181 cm³/mol. The fourth-order valence-corrected chi connectivity index (χ4v) is 8.10. The summed E-state index contributed by atoms with van der Waals surface area (Å²) in [5.74, 6) is -0.474. The van der Waals surface area contributed by atoms with E-state index in [0.717, 1.165) is 4.90 Å². The van der Waals surface area contributed by atoms with E-state index in [0.29, 0.717) is 5.75 Å². The summed E-state index contributed by atoms with van der Waals surface area (Å²) in [6.07, 6.45) is -0.629. The lowest BCUT2D eigenvalue weighted by atomic mass is 10.2. The summed E-state index contributed by atoms with van der Waals surface area (Å²) in [6.45, 7) is 10.3. The van der Waals surface area contributed by atoms with Crippen LogP contribution < -0.4 is 15.6 Å². The Balaban J connectivity index is 1.66. The number of nitrogens with one attached hydrogen (secondary N) is 2. The normalized spacial score (nSPS) is 19.0. The SMILES string of the molecule is CSc1ccccc1OC(=O)OC[C@H]1O[C@@H](n2cnc3c(=O)[nH]c(NC(=O)C(C)C)nc32)C[C@@H]1OP(=O)(OCCC#N)N(C(C)C)C(C)C. The lowest BCUT2D eigenvalue weighted by Gasteiger charge is -2.37. The number of imidazole rings is 1. The third-order valence-corrected chi connectivity index (χ3v) is 10.7. The highest BCUT2D eigenvalue weighted by Gasteiger charge is 2.47. The van der Waals surface area contributed by atoms with Gasteiger partial charge in [-0.05, 0) is 46.1 Å². The zero-order chi connectivity index (χ0) is 35.9. The molecular formula is C31H42N7O9PS. The Labute approximate surface area is 288 Å². The molecule has 4 rings (SSSR count). The van der Waals surface area contributed by atoms with Gasteiger partial charge < -0.3 is 14.2 Å². The molecule has 1 amide bonds. The van der Waals surface area contributed by atoms with Crippen molar-refractivity contribution < 1.29 is 37.4 Å². The molecule has 0 bridgehead atoms. The molecule has 16 nitrogen and oxygen atoms in total. The second-order valence-corrected chi connectivity index (χ2v) is 14.7. The number of hydrogen-bond acceptors (Lipinski definition) is 13. The number of rotatable bonds is 15. The van der Waals surface area contributed by atoms with Gasteiger partial charge in [-0.25, -0.2) is 19.0 Å². The first-order chi connectivity index (χ1) is 23.3. The van der Waals surface area contributed by atoms with Crippen LogP contribution in [0, 0.1) is 17.2 Å². The standard InChI is InChI=1S/C31H42N7O9PS/c1-18(2)28(39)35-30-34-27-26(29(40)36-30)33-17-37(27)25-15-22(47-48(42,44-14-10-13-32)38(19(3)4)20(5)6)23(45-25)16-43-31(41)46-21-11-8-9-12-24(21)49-7/h8-9,11-12,17-20,22-23,25H,10,14-16H2,1-7H3,(H2,34,35,36,39,40)/t22-,23+,25+,48?/m0/s1. The third kappa shape index (κ3) is 9.27. The number of ether oxygens (including phenoxy) is 3. The zero-order valence-corrected chi connectivity index (χ0v) is 30.2. The largest absolute Gasteiger partial charge is 0.513 e. The molecule has 1 aromatic carbocycles. The summed E-state index contributed by atoms with van der Waals surface area (Å²) in [5, 5.41) is 11.7. The van der Waals surface area contributed by atoms with Crippen LogP contribution >= 0.6 is 19.5 Å². The highest BCUT2D eigenvalue weighted by atomic mass is 32.2. The molecular weight excluding hydrogens is 677 g/mol. The molecule has 0 saturated carbocycles. The van der Waals surface area contributed by atoms with Gasteiger partial charge in [0.15, 0.2) is 11.2 Å². The van der Waals surface area contributed by atoms with Crippen LogP contribution in [-0.4, -0.2) is 80.0 Å². The fraction of sp³-hybridized carbons (Fsp3) is 0.548. The van der Waals surface area contributed by atoms with Gasteiger partial charge in [-0.15, -0.1) is 11.8 Å². The minimum absolute atomic E-state index is 0.00403. The van der Waals surface area contributed by atoms with Gasteiger partial charge >= 0.3 is 13.9 Å². The van der Waals surface area contributed by atoms with E-state index in [1.165, 1.54) is 22.7 Å². The number of aromatic nitrogens is 4. The molecule has 1 unspecified atom stereocenters. The molecule has 1 saturated heterocycles. The molecule has 49 heavy (non-hydrogen) atoms. The monoisotopic (exact) mass is 719 g/mol. The number of fused-ring (bicyclic) bond motifs is 1. The van der Waals surface area contributed by atoms with E-state index < -0.39 is 37.9 Å². The number of aromatic amines is 1. The van der Waals surface area contributed by atoms with Crippen LogP contribution in [0.3, 0.4) is 0 Å². The fourth-order valence-electron chi connectivity index (χ4n) is 5.25. The molecule has 2 N–H and O–H groups in total.